The van der Waals surface area contributed by atoms with E-state index >= 15 is 0 Å². The molecule has 3 aromatic rings. The van der Waals surface area contributed by atoms with Crippen LogP contribution in [-0.4, -0.2) is 50.7 Å². The molecule has 0 bridgehead atoms. The minimum atomic E-state index is -0.310. The Balaban J connectivity index is 1.42. The summed E-state index contributed by atoms with van der Waals surface area (Å²) in [6, 6.07) is 5.35. The van der Waals surface area contributed by atoms with E-state index in [4.69, 9.17) is 27.9 Å². The molecular formula is C20H24Cl2N6O2. The Kier molecular flexibility index (Phi) is 6.58. The van der Waals surface area contributed by atoms with Crippen molar-refractivity contribution in [1.29, 1.82) is 0 Å². The number of nitrogens with zero attached hydrogens (tertiary/aromatic N) is 4. The highest BCUT2D eigenvalue weighted by Gasteiger charge is 2.16. The van der Waals surface area contributed by atoms with Crippen molar-refractivity contribution in [2.45, 2.75) is 32.5 Å². The summed E-state index contributed by atoms with van der Waals surface area (Å²) in [5.74, 6) is 0.339. The van der Waals surface area contributed by atoms with Crippen molar-refractivity contribution in [3.8, 4) is 0 Å². The van der Waals surface area contributed by atoms with E-state index in [9.17, 15) is 4.79 Å². The van der Waals surface area contributed by atoms with Gasteiger partial charge in [0.15, 0.2) is 11.2 Å². The molecule has 8 nitrogen and oxygen atoms in total. The first-order chi connectivity index (χ1) is 14.5. The number of halogens is 2. The van der Waals surface area contributed by atoms with Gasteiger partial charge in [0.2, 0.25) is 5.95 Å². The number of hydrogen-bond donors (Lipinski definition) is 2. The Hall–Kier alpha value is -2.13. The van der Waals surface area contributed by atoms with Gasteiger partial charge in [-0.25, -0.2) is 4.98 Å². The second kappa shape index (κ2) is 9.34. The normalized spacial score (nSPS) is 15.7. The zero-order valence-electron chi connectivity index (χ0n) is 16.7. The van der Waals surface area contributed by atoms with Crippen LogP contribution in [0.15, 0.2) is 29.3 Å². The number of aromatic amines is 1. The molecule has 0 saturated carbocycles. The first kappa shape index (κ1) is 21.1. The second-order valence-electron chi connectivity index (χ2n) is 7.36. The van der Waals surface area contributed by atoms with Crippen LogP contribution in [-0.2, 0) is 11.3 Å². The van der Waals surface area contributed by atoms with E-state index in [0.717, 1.165) is 25.2 Å². The number of H-pyrrole nitrogens is 1. The van der Waals surface area contributed by atoms with Gasteiger partial charge in [0, 0.05) is 13.1 Å². The molecule has 3 heterocycles. The molecule has 1 aromatic carbocycles. The first-order valence-electron chi connectivity index (χ1n) is 10.00. The van der Waals surface area contributed by atoms with Gasteiger partial charge in [-0.3, -0.25) is 14.3 Å². The number of hydrogen-bond acceptors (Lipinski definition) is 6. The van der Waals surface area contributed by atoms with E-state index in [1.165, 1.54) is 12.8 Å². The maximum absolute atomic E-state index is 12.7. The Morgan fingerprint density at radius 1 is 1.27 bits per heavy atom. The lowest BCUT2D eigenvalue weighted by Crippen LogP contribution is -2.25. The number of anilines is 1. The quantitative estimate of drug-likeness (QED) is 0.544. The summed E-state index contributed by atoms with van der Waals surface area (Å²) < 4.78 is 7.65. The minimum absolute atomic E-state index is 0.274. The molecule has 1 unspecified atom stereocenters. The molecule has 0 amide bonds. The molecule has 0 aliphatic carbocycles. The van der Waals surface area contributed by atoms with Crippen molar-refractivity contribution in [3.63, 3.8) is 0 Å². The van der Waals surface area contributed by atoms with E-state index in [1.54, 1.807) is 23.0 Å². The molecular weight excluding hydrogens is 427 g/mol. The molecule has 0 radical (unpaired) electrons. The summed E-state index contributed by atoms with van der Waals surface area (Å²) in [6.45, 7) is 6.10. The van der Waals surface area contributed by atoms with Crippen LogP contribution in [0.4, 0.5) is 5.95 Å². The monoisotopic (exact) mass is 450 g/mol. The molecule has 1 aliphatic rings. The Bertz CT molecular complexity index is 1080. The molecule has 1 fully saturated rings. The van der Waals surface area contributed by atoms with Crippen molar-refractivity contribution in [2.75, 3.05) is 31.6 Å². The third-order valence-electron chi connectivity index (χ3n) is 5.24. The van der Waals surface area contributed by atoms with E-state index in [2.05, 4.69) is 25.2 Å². The number of imidazole rings is 1. The smallest absolute Gasteiger partial charge is 0.278 e. The maximum Gasteiger partial charge on any atom is 0.278 e. The third kappa shape index (κ3) is 4.78. The summed E-state index contributed by atoms with van der Waals surface area (Å²) in [5, 5.41) is 4.06. The van der Waals surface area contributed by atoms with E-state index < -0.39 is 0 Å². The number of ether oxygens (including phenoxy) is 1. The molecule has 1 aliphatic heterocycles. The van der Waals surface area contributed by atoms with Crippen LogP contribution in [0.1, 0.15) is 31.6 Å². The van der Waals surface area contributed by atoms with Crippen molar-refractivity contribution in [3.05, 3.63) is 50.5 Å². The number of aromatic nitrogens is 4. The minimum Gasteiger partial charge on any atom is -0.357 e. The average molecular weight is 451 g/mol. The standard InChI is InChI=1S/C20H24Cl2N6O2/c1-13(30-9-8-27-6-2-3-7-27)28-12-24-18-17(28)19(29)26-20(25-18)23-11-14-4-5-15(21)16(22)10-14/h4-5,10,12-13H,2-3,6-9,11H2,1H3,(H2,23,25,26,29). The first-order valence-corrected chi connectivity index (χ1v) is 10.8. The number of fused-ring (bicyclic) bond motifs is 1. The second-order valence-corrected chi connectivity index (χ2v) is 8.17. The largest absolute Gasteiger partial charge is 0.357 e. The lowest BCUT2D eigenvalue weighted by atomic mass is 10.2. The highest BCUT2D eigenvalue weighted by Crippen LogP contribution is 2.23. The number of rotatable bonds is 8. The molecule has 0 spiro atoms. The molecule has 2 N–H and O–H groups in total. The van der Waals surface area contributed by atoms with Crippen molar-refractivity contribution in [1.82, 2.24) is 24.4 Å². The lowest BCUT2D eigenvalue weighted by molar-refractivity contribution is 0.00931. The fraction of sp³-hybridized carbons (Fsp3) is 0.450. The van der Waals surface area contributed by atoms with Gasteiger partial charge < -0.3 is 15.0 Å². The van der Waals surface area contributed by atoms with Crippen molar-refractivity contribution >= 4 is 40.3 Å². The number of likely N-dealkylation sites (tertiary alicyclic amines) is 1. The van der Waals surface area contributed by atoms with E-state index in [-0.39, 0.29) is 11.8 Å². The SMILES string of the molecule is CC(OCCN1CCCC1)n1cnc2nc(NCc3ccc(Cl)c(Cl)c3)[nH]c(=O)c21. The van der Waals surface area contributed by atoms with Crippen LogP contribution in [0.2, 0.25) is 10.0 Å². The van der Waals surface area contributed by atoms with Crippen LogP contribution in [0.5, 0.6) is 0 Å². The van der Waals surface area contributed by atoms with Crippen LogP contribution < -0.4 is 10.9 Å². The lowest BCUT2D eigenvalue weighted by Gasteiger charge is -2.18. The summed E-state index contributed by atoms with van der Waals surface area (Å²) in [6.07, 6.45) is 3.79. The van der Waals surface area contributed by atoms with Gasteiger partial charge in [-0.1, -0.05) is 29.3 Å². The topological polar surface area (TPSA) is 88.1 Å². The van der Waals surface area contributed by atoms with Crippen LogP contribution in [0.3, 0.4) is 0 Å². The fourth-order valence-corrected chi connectivity index (χ4v) is 3.91. The van der Waals surface area contributed by atoms with Gasteiger partial charge in [0.05, 0.1) is 23.0 Å². The van der Waals surface area contributed by atoms with Crippen molar-refractivity contribution in [2.24, 2.45) is 0 Å². The van der Waals surface area contributed by atoms with Gasteiger partial charge in [0.1, 0.15) is 6.23 Å². The average Bonchev–Trinajstić information content (AvgIpc) is 3.39. The maximum atomic E-state index is 12.7. The summed E-state index contributed by atoms with van der Waals surface area (Å²) in [5.41, 5.74) is 1.40. The number of nitrogens with one attached hydrogen (secondary N) is 2. The molecule has 1 saturated heterocycles. The summed E-state index contributed by atoms with van der Waals surface area (Å²) in [4.78, 5) is 26.5. The number of benzene rings is 1. The summed E-state index contributed by atoms with van der Waals surface area (Å²) >= 11 is 12.0. The third-order valence-corrected chi connectivity index (χ3v) is 5.98. The molecule has 30 heavy (non-hydrogen) atoms. The zero-order valence-corrected chi connectivity index (χ0v) is 18.2. The van der Waals surface area contributed by atoms with Gasteiger partial charge in [-0.15, -0.1) is 0 Å². The van der Waals surface area contributed by atoms with Crippen LogP contribution >= 0.6 is 23.2 Å². The van der Waals surface area contributed by atoms with Gasteiger partial charge in [-0.2, -0.15) is 4.98 Å². The molecule has 1 atom stereocenters. The predicted molar refractivity (Wildman–Crippen MR) is 118 cm³/mol. The summed E-state index contributed by atoms with van der Waals surface area (Å²) in [7, 11) is 0. The predicted octanol–water partition coefficient (Wildman–Crippen LogP) is 3.67. The Labute approximate surface area is 184 Å². The van der Waals surface area contributed by atoms with Gasteiger partial charge in [0.25, 0.3) is 5.56 Å². The van der Waals surface area contributed by atoms with Crippen molar-refractivity contribution < 1.29 is 4.74 Å². The van der Waals surface area contributed by atoms with E-state index in [0.29, 0.717) is 40.3 Å². The molecule has 160 valence electrons. The molecule has 2 aromatic heterocycles. The highest BCUT2D eigenvalue weighted by atomic mass is 35.5. The molecule has 4 rings (SSSR count). The van der Waals surface area contributed by atoms with E-state index in [1.807, 2.05) is 13.0 Å². The highest BCUT2D eigenvalue weighted by molar-refractivity contribution is 6.42. The zero-order chi connectivity index (χ0) is 21.1. The Morgan fingerprint density at radius 3 is 2.83 bits per heavy atom. The van der Waals surface area contributed by atoms with Gasteiger partial charge >= 0.3 is 0 Å². The fourth-order valence-electron chi connectivity index (χ4n) is 3.59. The van der Waals surface area contributed by atoms with Crippen LogP contribution in [0, 0.1) is 0 Å². The Morgan fingerprint density at radius 2 is 2.07 bits per heavy atom. The van der Waals surface area contributed by atoms with Crippen LogP contribution in [0.25, 0.3) is 11.2 Å². The van der Waals surface area contributed by atoms with Gasteiger partial charge in [-0.05, 0) is 50.6 Å². The molecule has 10 heteroatoms.